The number of likely N-dealkylation sites (tertiary alicyclic amines) is 1. The number of aromatic nitrogens is 1. The largest absolute Gasteiger partial charge is 0.337 e. The van der Waals surface area contributed by atoms with Crippen LogP contribution >= 0.6 is 24.8 Å². The van der Waals surface area contributed by atoms with E-state index in [9.17, 15) is 4.79 Å². The van der Waals surface area contributed by atoms with Gasteiger partial charge in [-0.25, -0.2) is 4.98 Å². The number of piperidine rings is 1. The van der Waals surface area contributed by atoms with Gasteiger partial charge in [0, 0.05) is 24.5 Å². The highest BCUT2D eigenvalue weighted by atomic mass is 35.5. The van der Waals surface area contributed by atoms with Gasteiger partial charge in [0.15, 0.2) is 0 Å². The van der Waals surface area contributed by atoms with E-state index in [1.165, 1.54) is 0 Å². The lowest BCUT2D eigenvalue weighted by molar-refractivity contribution is 0.0655. The van der Waals surface area contributed by atoms with E-state index in [4.69, 9.17) is 5.73 Å². The van der Waals surface area contributed by atoms with Crippen LogP contribution in [0.1, 0.15) is 30.3 Å². The molecule has 126 valence electrons. The quantitative estimate of drug-likeness (QED) is 0.898. The van der Waals surface area contributed by atoms with Crippen LogP contribution in [-0.4, -0.2) is 34.9 Å². The van der Waals surface area contributed by atoms with Crippen LogP contribution in [0.15, 0.2) is 36.4 Å². The number of carbonyl (C=O) groups is 1. The van der Waals surface area contributed by atoms with Crippen LogP contribution in [0.25, 0.3) is 10.9 Å². The summed E-state index contributed by atoms with van der Waals surface area (Å²) in [5, 5.41) is 1.06. The fraction of sp³-hybridized carbons (Fsp3) is 0.412. The first kappa shape index (κ1) is 19.7. The maximum Gasteiger partial charge on any atom is 0.272 e. The number of halogens is 2. The SMILES string of the molecule is CC(N)C1CCCN(C(=O)c2ccc3ccccc3n2)C1.Cl.Cl. The zero-order chi connectivity index (χ0) is 14.8. The second-order valence-corrected chi connectivity index (χ2v) is 5.90. The fourth-order valence-corrected chi connectivity index (χ4v) is 2.97. The number of nitrogens with zero attached hydrogens (tertiary/aromatic N) is 2. The van der Waals surface area contributed by atoms with Gasteiger partial charge < -0.3 is 10.6 Å². The molecule has 4 nitrogen and oxygen atoms in total. The molecule has 2 N–H and O–H groups in total. The number of amides is 1. The summed E-state index contributed by atoms with van der Waals surface area (Å²) in [7, 11) is 0. The molecule has 1 aliphatic rings. The highest BCUT2D eigenvalue weighted by Gasteiger charge is 2.27. The van der Waals surface area contributed by atoms with Crippen LogP contribution in [0, 0.1) is 5.92 Å². The summed E-state index contributed by atoms with van der Waals surface area (Å²) in [6.45, 7) is 3.56. The van der Waals surface area contributed by atoms with Crippen LogP contribution in [0.4, 0.5) is 0 Å². The summed E-state index contributed by atoms with van der Waals surface area (Å²) in [5.41, 5.74) is 7.38. The molecule has 2 aromatic rings. The smallest absolute Gasteiger partial charge is 0.272 e. The lowest BCUT2D eigenvalue weighted by atomic mass is 9.92. The Hall–Kier alpha value is -1.36. The van der Waals surface area contributed by atoms with Crippen molar-refractivity contribution in [2.45, 2.75) is 25.8 Å². The molecule has 1 aromatic carbocycles. The Morgan fingerprint density at radius 3 is 2.74 bits per heavy atom. The topological polar surface area (TPSA) is 59.2 Å². The van der Waals surface area contributed by atoms with Crippen molar-refractivity contribution in [1.29, 1.82) is 0 Å². The summed E-state index contributed by atoms with van der Waals surface area (Å²) in [4.78, 5) is 19.0. The molecular formula is C17H23Cl2N3O. The highest BCUT2D eigenvalue weighted by Crippen LogP contribution is 2.21. The first-order valence-electron chi connectivity index (χ1n) is 7.56. The Labute approximate surface area is 149 Å². The summed E-state index contributed by atoms with van der Waals surface area (Å²) >= 11 is 0. The molecule has 0 saturated carbocycles. The van der Waals surface area contributed by atoms with E-state index in [2.05, 4.69) is 4.98 Å². The van der Waals surface area contributed by atoms with Crippen molar-refractivity contribution in [3.8, 4) is 0 Å². The zero-order valence-electron chi connectivity index (χ0n) is 13.1. The molecule has 3 rings (SSSR count). The average molecular weight is 356 g/mol. The second-order valence-electron chi connectivity index (χ2n) is 5.90. The molecule has 2 unspecified atom stereocenters. The number of fused-ring (bicyclic) bond motifs is 1. The Morgan fingerprint density at radius 2 is 2.00 bits per heavy atom. The third kappa shape index (κ3) is 4.34. The van der Waals surface area contributed by atoms with Gasteiger partial charge in [-0.15, -0.1) is 24.8 Å². The number of benzene rings is 1. The van der Waals surface area contributed by atoms with Gasteiger partial charge >= 0.3 is 0 Å². The maximum absolute atomic E-state index is 12.6. The predicted octanol–water partition coefficient (Wildman–Crippen LogP) is 3.28. The molecule has 2 atom stereocenters. The van der Waals surface area contributed by atoms with E-state index < -0.39 is 0 Å². The first-order chi connectivity index (χ1) is 10.1. The summed E-state index contributed by atoms with van der Waals surface area (Å²) in [6, 6.07) is 11.8. The molecule has 1 amide bonds. The van der Waals surface area contributed by atoms with Gasteiger partial charge in [0.1, 0.15) is 5.69 Å². The van der Waals surface area contributed by atoms with Crippen molar-refractivity contribution in [3.05, 3.63) is 42.1 Å². The van der Waals surface area contributed by atoms with Crippen molar-refractivity contribution < 1.29 is 4.79 Å². The third-order valence-corrected chi connectivity index (χ3v) is 4.31. The molecular weight excluding hydrogens is 333 g/mol. The van der Waals surface area contributed by atoms with E-state index in [-0.39, 0.29) is 36.8 Å². The number of hydrogen-bond donors (Lipinski definition) is 1. The Morgan fingerprint density at radius 1 is 1.26 bits per heavy atom. The molecule has 2 heterocycles. The van der Waals surface area contributed by atoms with Gasteiger partial charge in [-0.1, -0.05) is 24.3 Å². The Balaban J connectivity index is 0.00000132. The van der Waals surface area contributed by atoms with Crippen molar-refractivity contribution in [2.75, 3.05) is 13.1 Å². The molecule has 0 aliphatic carbocycles. The number of hydrogen-bond acceptors (Lipinski definition) is 3. The van der Waals surface area contributed by atoms with Crippen molar-refractivity contribution in [2.24, 2.45) is 11.7 Å². The molecule has 0 radical (unpaired) electrons. The van der Waals surface area contributed by atoms with E-state index in [1.54, 1.807) is 0 Å². The maximum atomic E-state index is 12.6. The summed E-state index contributed by atoms with van der Waals surface area (Å²) in [5.74, 6) is 0.411. The minimum atomic E-state index is 0. The number of para-hydroxylation sites is 1. The molecule has 23 heavy (non-hydrogen) atoms. The van der Waals surface area contributed by atoms with Crippen LogP contribution in [0.3, 0.4) is 0 Å². The van der Waals surface area contributed by atoms with E-state index in [0.717, 1.165) is 36.8 Å². The number of rotatable bonds is 2. The normalized spacial score (nSPS) is 18.7. The standard InChI is InChI=1S/C17H21N3O.2ClH/c1-12(18)14-6-4-10-20(11-14)17(21)16-9-8-13-5-2-3-7-15(13)19-16;;/h2-3,5,7-9,12,14H,4,6,10-11,18H2,1H3;2*1H. The number of nitrogens with two attached hydrogens (primary N) is 1. The highest BCUT2D eigenvalue weighted by molar-refractivity contribution is 5.95. The van der Waals surface area contributed by atoms with Gasteiger partial charge in [-0.2, -0.15) is 0 Å². The Bertz CT molecular complexity index is 663. The van der Waals surface area contributed by atoms with Gasteiger partial charge in [0.25, 0.3) is 5.91 Å². The first-order valence-corrected chi connectivity index (χ1v) is 7.56. The van der Waals surface area contributed by atoms with Gasteiger partial charge in [-0.3, -0.25) is 4.79 Å². The third-order valence-electron chi connectivity index (χ3n) is 4.31. The second kappa shape index (κ2) is 8.48. The molecule has 1 fully saturated rings. The molecule has 1 aliphatic heterocycles. The molecule has 6 heteroatoms. The van der Waals surface area contributed by atoms with Gasteiger partial charge in [0.05, 0.1) is 5.52 Å². The summed E-state index contributed by atoms with van der Waals surface area (Å²) < 4.78 is 0. The molecule has 1 aromatic heterocycles. The van der Waals surface area contributed by atoms with Crippen molar-refractivity contribution in [3.63, 3.8) is 0 Å². The fourth-order valence-electron chi connectivity index (χ4n) is 2.97. The van der Waals surface area contributed by atoms with Gasteiger partial charge in [0.2, 0.25) is 0 Å². The monoisotopic (exact) mass is 355 g/mol. The molecule has 0 bridgehead atoms. The lowest BCUT2D eigenvalue weighted by Gasteiger charge is -2.34. The van der Waals surface area contributed by atoms with E-state index >= 15 is 0 Å². The predicted molar refractivity (Wildman–Crippen MR) is 98.5 cm³/mol. The Kier molecular flexibility index (Phi) is 7.26. The number of carbonyl (C=O) groups excluding carboxylic acids is 1. The van der Waals surface area contributed by atoms with E-state index in [1.807, 2.05) is 48.2 Å². The minimum absolute atomic E-state index is 0. The van der Waals surface area contributed by atoms with Gasteiger partial charge in [-0.05, 0) is 37.8 Å². The molecule has 1 saturated heterocycles. The van der Waals surface area contributed by atoms with E-state index in [0.29, 0.717) is 11.6 Å². The lowest BCUT2D eigenvalue weighted by Crippen LogP contribution is -2.45. The van der Waals surface area contributed by atoms with Crippen LogP contribution in [0.5, 0.6) is 0 Å². The minimum Gasteiger partial charge on any atom is -0.337 e. The van der Waals surface area contributed by atoms with Crippen LogP contribution in [0.2, 0.25) is 0 Å². The summed E-state index contributed by atoms with van der Waals surface area (Å²) in [6.07, 6.45) is 2.12. The van der Waals surface area contributed by atoms with Crippen molar-refractivity contribution >= 4 is 41.6 Å². The zero-order valence-corrected chi connectivity index (χ0v) is 14.8. The van der Waals surface area contributed by atoms with Crippen molar-refractivity contribution in [1.82, 2.24) is 9.88 Å². The average Bonchev–Trinajstić information content (AvgIpc) is 2.53. The molecule has 0 spiro atoms. The van der Waals surface area contributed by atoms with Crippen LogP contribution in [-0.2, 0) is 0 Å². The number of pyridine rings is 1. The van der Waals surface area contributed by atoms with Crippen LogP contribution < -0.4 is 5.73 Å².